The van der Waals surface area contributed by atoms with E-state index in [-0.39, 0.29) is 17.1 Å². The molecule has 0 saturated carbocycles. The molecule has 2 aliphatic rings. The van der Waals surface area contributed by atoms with Crippen molar-refractivity contribution in [3.63, 3.8) is 0 Å². The molecule has 0 aromatic heterocycles. The maximum atomic E-state index is 3.72. The van der Waals surface area contributed by atoms with E-state index in [2.05, 4.69) is 34.0 Å². The van der Waals surface area contributed by atoms with E-state index in [1.54, 1.807) is 0 Å². The Bertz CT molecular complexity index is 382. The number of fused-ring (bicyclic) bond motifs is 3. The number of nitrogens with zero attached hydrogens (tertiary/aromatic N) is 3. The van der Waals surface area contributed by atoms with Gasteiger partial charge < -0.3 is 15.1 Å². The molecule has 0 aliphatic carbocycles. The van der Waals surface area contributed by atoms with Crippen LogP contribution in [-0.4, -0.2) is 86.7 Å². The van der Waals surface area contributed by atoms with Crippen molar-refractivity contribution in [3.8, 4) is 0 Å². The monoisotopic (exact) mass is 463 g/mol. The van der Waals surface area contributed by atoms with E-state index in [1.165, 1.54) is 142 Å². The number of nitrogens with one attached hydrogen (secondary N) is 1. The molecule has 0 radical (unpaired) electrons. The first-order chi connectivity index (χ1) is 14.3. The van der Waals surface area contributed by atoms with Gasteiger partial charge in [0.2, 0.25) is 0 Å². The molecule has 3 atom stereocenters. The van der Waals surface area contributed by atoms with E-state index in [1.807, 2.05) is 0 Å². The third kappa shape index (κ3) is 13.0. The van der Waals surface area contributed by atoms with Gasteiger partial charge in [-0.2, -0.15) is 0 Å². The Morgan fingerprint density at radius 3 is 2.10 bits per heavy atom. The predicted octanol–water partition coefficient (Wildman–Crippen LogP) is 4.60. The maximum absolute atomic E-state index is 3.72. The van der Waals surface area contributed by atoms with Crippen LogP contribution in [0.4, 0.5) is 0 Å². The van der Waals surface area contributed by atoms with E-state index in [0.717, 1.165) is 6.04 Å². The molecule has 0 aromatic carbocycles. The summed E-state index contributed by atoms with van der Waals surface area (Å²) in [6.07, 6.45) is 18.5. The second-order valence-electron chi connectivity index (χ2n) is 9.70. The molecule has 176 valence electrons. The first-order valence-corrected chi connectivity index (χ1v) is 13.1. The summed E-state index contributed by atoms with van der Waals surface area (Å²) in [5.41, 5.74) is 0. The molecular formula is C25H52MnN4+3. The van der Waals surface area contributed by atoms with Gasteiger partial charge in [-0.15, -0.1) is 0 Å². The first-order valence-electron chi connectivity index (χ1n) is 13.1. The van der Waals surface area contributed by atoms with Crippen LogP contribution in [0.5, 0.6) is 0 Å². The molecule has 2 bridgehead atoms. The van der Waals surface area contributed by atoms with Gasteiger partial charge in [-0.05, 0) is 45.9 Å². The van der Waals surface area contributed by atoms with Crippen molar-refractivity contribution in [2.24, 2.45) is 0 Å². The second kappa shape index (κ2) is 18.9. The van der Waals surface area contributed by atoms with Crippen LogP contribution < -0.4 is 5.32 Å². The van der Waals surface area contributed by atoms with Crippen LogP contribution in [0.2, 0.25) is 0 Å². The molecule has 30 heavy (non-hydrogen) atoms. The normalized spacial score (nSPS) is 26.8. The molecule has 2 rings (SSSR count). The van der Waals surface area contributed by atoms with Crippen LogP contribution in [0.15, 0.2) is 0 Å². The van der Waals surface area contributed by atoms with Gasteiger partial charge in [0, 0.05) is 45.3 Å². The van der Waals surface area contributed by atoms with Crippen LogP contribution in [0, 0.1) is 0 Å². The number of likely N-dealkylation sites (N-methyl/N-ethyl adjacent to an activating group) is 1. The van der Waals surface area contributed by atoms with E-state index < -0.39 is 0 Å². The maximum Gasteiger partial charge on any atom is 3.00 e. The molecule has 5 heteroatoms. The molecule has 1 N–H and O–H groups in total. The summed E-state index contributed by atoms with van der Waals surface area (Å²) in [5, 5.41) is 3.72. The van der Waals surface area contributed by atoms with Crippen molar-refractivity contribution in [2.75, 3.05) is 66.0 Å². The summed E-state index contributed by atoms with van der Waals surface area (Å²) in [4.78, 5) is 8.09. The Balaban J connectivity index is 0.00000450. The molecule has 0 aromatic rings. The number of hydrogen-bond acceptors (Lipinski definition) is 4. The summed E-state index contributed by atoms with van der Waals surface area (Å²) in [6, 6.07) is 0.782. The fraction of sp³-hybridized carbons (Fsp3) is 1.00. The molecule has 4 nitrogen and oxygen atoms in total. The van der Waals surface area contributed by atoms with Gasteiger partial charge in [-0.1, -0.05) is 71.1 Å². The Morgan fingerprint density at radius 2 is 1.37 bits per heavy atom. The first kappa shape index (κ1) is 28.4. The molecule has 2 fully saturated rings. The second-order valence-corrected chi connectivity index (χ2v) is 9.70. The molecule has 2 heterocycles. The van der Waals surface area contributed by atoms with E-state index in [0.29, 0.717) is 0 Å². The van der Waals surface area contributed by atoms with Crippen LogP contribution in [0.3, 0.4) is 0 Å². The zero-order valence-corrected chi connectivity index (χ0v) is 21.5. The van der Waals surface area contributed by atoms with Crippen molar-refractivity contribution in [3.05, 3.63) is 0 Å². The average Bonchev–Trinajstić information content (AvgIpc) is 2.73. The van der Waals surface area contributed by atoms with Crippen molar-refractivity contribution in [2.45, 2.75) is 96.4 Å². The van der Waals surface area contributed by atoms with Crippen LogP contribution in [0.25, 0.3) is 0 Å². The molecular weight excluding hydrogens is 411 g/mol. The Hall–Kier alpha value is 0.359. The summed E-state index contributed by atoms with van der Waals surface area (Å²) >= 11 is 0. The fourth-order valence-corrected chi connectivity index (χ4v) is 5.07. The largest absolute Gasteiger partial charge is 3.00 e. The standard InChI is InChI=1S/C25H52N4.Mn/c1-3-4-5-6-7-8-9-10-11-12-14-25-15-16-26-17-20-28-19-13-18-27(2)21-23-29(25)24-22-28;/h25-26H,3-24H2,1-2H3;/q;+3. The zero-order valence-electron chi connectivity index (χ0n) is 20.4. The summed E-state index contributed by atoms with van der Waals surface area (Å²) in [7, 11) is 2.31. The van der Waals surface area contributed by atoms with Gasteiger partial charge >= 0.3 is 17.1 Å². The third-order valence-corrected chi connectivity index (χ3v) is 7.15. The van der Waals surface area contributed by atoms with Crippen LogP contribution >= 0.6 is 0 Å². The topological polar surface area (TPSA) is 21.8 Å². The molecule has 3 unspecified atom stereocenters. The van der Waals surface area contributed by atoms with Crippen molar-refractivity contribution >= 4 is 0 Å². The molecule has 2 saturated heterocycles. The van der Waals surface area contributed by atoms with E-state index in [4.69, 9.17) is 0 Å². The van der Waals surface area contributed by atoms with Gasteiger partial charge in [0.25, 0.3) is 0 Å². The number of unbranched alkanes of at least 4 members (excludes halogenated alkanes) is 9. The Morgan fingerprint density at radius 1 is 0.700 bits per heavy atom. The summed E-state index contributed by atoms with van der Waals surface area (Å²) < 4.78 is 0. The predicted molar refractivity (Wildman–Crippen MR) is 128 cm³/mol. The van der Waals surface area contributed by atoms with Crippen molar-refractivity contribution in [1.82, 2.24) is 20.0 Å². The van der Waals surface area contributed by atoms with Gasteiger partial charge in [0.15, 0.2) is 0 Å². The molecule has 0 amide bonds. The van der Waals surface area contributed by atoms with Gasteiger partial charge in [0.1, 0.15) is 0 Å². The summed E-state index contributed by atoms with van der Waals surface area (Å²) in [6.45, 7) is 13.4. The SMILES string of the molecule is CCCCCCCCCCCCC1CCNCCN2CCCN(C)CCN1CC2.[Mn+3]. The Labute approximate surface area is 199 Å². The minimum atomic E-state index is 0. The van der Waals surface area contributed by atoms with E-state index >= 15 is 0 Å². The molecule has 0 spiro atoms. The quantitative estimate of drug-likeness (QED) is 0.357. The minimum Gasteiger partial charge on any atom is -0.315 e. The van der Waals surface area contributed by atoms with Crippen LogP contribution in [0.1, 0.15) is 90.4 Å². The number of rotatable bonds is 11. The zero-order chi connectivity index (χ0) is 20.6. The smallest absolute Gasteiger partial charge is 0.315 e. The van der Waals surface area contributed by atoms with Crippen molar-refractivity contribution in [1.29, 1.82) is 0 Å². The Kier molecular flexibility index (Phi) is 17.9. The van der Waals surface area contributed by atoms with E-state index in [9.17, 15) is 0 Å². The number of hydrogen-bond donors (Lipinski definition) is 1. The fourth-order valence-electron chi connectivity index (χ4n) is 5.07. The van der Waals surface area contributed by atoms with Crippen LogP contribution in [-0.2, 0) is 17.1 Å². The minimum absolute atomic E-state index is 0. The van der Waals surface area contributed by atoms with Gasteiger partial charge in [0.05, 0.1) is 0 Å². The molecule has 2 aliphatic heterocycles. The third-order valence-electron chi connectivity index (χ3n) is 7.15. The van der Waals surface area contributed by atoms with Gasteiger partial charge in [-0.25, -0.2) is 0 Å². The van der Waals surface area contributed by atoms with Gasteiger partial charge in [-0.3, -0.25) is 4.90 Å². The van der Waals surface area contributed by atoms with Crippen molar-refractivity contribution < 1.29 is 17.1 Å². The average molecular weight is 464 g/mol. The summed E-state index contributed by atoms with van der Waals surface area (Å²) in [5.74, 6) is 0.